The van der Waals surface area contributed by atoms with Gasteiger partial charge in [-0.25, -0.2) is 0 Å². The van der Waals surface area contributed by atoms with Crippen molar-refractivity contribution in [3.63, 3.8) is 0 Å². The summed E-state index contributed by atoms with van der Waals surface area (Å²) in [4.78, 5) is 12.4. The third kappa shape index (κ3) is 5.36. The van der Waals surface area contributed by atoms with E-state index in [4.69, 9.17) is 11.6 Å². The van der Waals surface area contributed by atoms with Gasteiger partial charge in [0.2, 0.25) is 5.91 Å². The Morgan fingerprint density at radius 1 is 1.18 bits per heavy atom. The smallest absolute Gasteiger partial charge is 0.234 e. The lowest BCUT2D eigenvalue weighted by molar-refractivity contribution is -0.113. The van der Waals surface area contributed by atoms with Crippen LogP contribution in [0.1, 0.15) is 30.3 Å². The lowest BCUT2D eigenvalue weighted by Crippen LogP contribution is -2.15. The molecule has 3 aromatic rings. The molecule has 0 aliphatic carbocycles. The summed E-state index contributed by atoms with van der Waals surface area (Å²) in [6.45, 7) is 4.88. The van der Waals surface area contributed by atoms with Crippen LogP contribution >= 0.6 is 23.4 Å². The third-order valence-electron chi connectivity index (χ3n) is 4.25. The van der Waals surface area contributed by atoms with E-state index in [1.807, 2.05) is 37.3 Å². The predicted molar refractivity (Wildman–Crippen MR) is 115 cm³/mol. The Hall–Kier alpha value is -2.31. The van der Waals surface area contributed by atoms with Gasteiger partial charge < -0.3 is 9.88 Å². The monoisotopic (exact) mass is 414 g/mol. The van der Waals surface area contributed by atoms with E-state index in [0.717, 1.165) is 41.6 Å². The molecule has 0 saturated heterocycles. The van der Waals surface area contributed by atoms with Crippen molar-refractivity contribution in [2.75, 3.05) is 11.1 Å². The summed E-state index contributed by atoms with van der Waals surface area (Å²) in [5.74, 6) is 1.09. The van der Waals surface area contributed by atoms with Gasteiger partial charge in [-0.1, -0.05) is 66.7 Å². The Kier molecular flexibility index (Phi) is 7.12. The summed E-state index contributed by atoms with van der Waals surface area (Å²) in [6.07, 6.45) is 1.70. The van der Waals surface area contributed by atoms with Gasteiger partial charge in [-0.15, -0.1) is 10.2 Å². The van der Waals surface area contributed by atoms with Gasteiger partial charge in [0.25, 0.3) is 0 Å². The number of amides is 1. The molecule has 146 valence electrons. The van der Waals surface area contributed by atoms with E-state index in [2.05, 4.69) is 39.1 Å². The van der Waals surface area contributed by atoms with Crippen molar-refractivity contribution in [1.29, 1.82) is 0 Å². The second-order valence-electron chi connectivity index (χ2n) is 6.51. The summed E-state index contributed by atoms with van der Waals surface area (Å²) in [5, 5.41) is 13.0. The molecule has 1 aromatic heterocycles. The van der Waals surface area contributed by atoms with Crippen LogP contribution in [0.15, 0.2) is 53.7 Å². The summed E-state index contributed by atoms with van der Waals surface area (Å²) < 4.78 is 2.11. The Morgan fingerprint density at radius 2 is 1.96 bits per heavy atom. The normalized spacial score (nSPS) is 10.8. The predicted octanol–water partition coefficient (Wildman–Crippen LogP) is 4.97. The summed E-state index contributed by atoms with van der Waals surface area (Å²) in [6, 6.07) is 15.7. The molecule has 0 fully saturated rings. The van der Waals surface area contributed by atoms with Crippen LogP contribution < -0.4 is 5.32 Å². The number of benzene rings is 2. The van der Waals surface area contributed by atoms with E-state index in [0.29, 0.717) is 5.02 Å². The molecular formula is C21H23ClN4OS. The standard InChI is InChI=1S/C21H23ClN4OS/c1-3-11-26-19(12-16-7-5-4-6-8-16)24-25-21(26)28-14-20(27)23-18-13-17(22)10-9-15(18)2/h4-10,13H,3,11-12,14H2,1-2H3,(H,23,27). The van der Waals surface area contributed by atoms with Gasteiger partial charge in [0.15, 0.2) is 5.16 Å². The zero-order valence-electron chi connectivity index (χ0n) is 16.0. The minimum atomic E-state index is -0.0916. The van der Waals surface area contributed by atoms with Crippen LogP contribution in [-0.4, -0.2) is 26.4 Å². The Morgan fingerprint density at radius 3 is 2.71 bits per heavy atom. The quantitative estimate of drug-likeness (QED) is 0.528. The van der Waals surface area contributed by atoms with Gasteiger partial charge >= 0.3 is 0 Å². The highest BCUT2D eigenvalue weighted by Crippen LogP contribution is 2.22. The SMILES string of the molecule is CCCn1c(Cc2ccccc2)nnc1SCC(=O)Nc1cc(Cl)ccc1C. The maximum Gasteiger partial charge on any atom is 0.234 e. The first-order chi connectivity index (χ1) is 13.6. The number of thioether (sulfide) groups is 1. The zero-order valence-corrected chi connectivity index (χ0v) is 17.6. The Balaban J connectivity index is 1.66. The minimum absolute atomic E-state index is 0.0916. The molecule has 2 aromatic carbocycles. The molecule has 28 heavy (non-hydrogen) atoms. The molecule has 0 aliphatic heterocycles. The van der Waals surface area contributed by atoms with Crippen molar-refractivity contribution in [1.82, 2.24) is 14.8 Å². The van der Waals surface area contributed by atoms with E-state index in [-0.39, 0.29) is 11.7 Å². The third-order valence-corrected chi connectivity index (χ3v) is 5.45. The van der Waals surface area contributed by atoms with Crippen LogP contribution in [0, 0.1) is 6.92 Å². The first kappa shape index (κ1) is 20.4. The number of nitrogens with one attached hydrogen (secondary N) is 1. The minimum Gasteiger partial charge on any atom is -0.325 e. The highest BCUT2D eigenvalue weighted by Gasteiger charge is 2.14. The van der Waals surface area contributed by atoms with E-state index in [1.165, 1.54) is 17.3 Å². The highest BCUT2D eigenvalue weighted by molar-refractivity contribution is 7.99. The van der Waals surface area contributed by atoms with Gasteiger partial charge in [-0.3, -0.25) is 4.79 Å². The maximum absolute atomic E-state index is 12.4. The fourth-order valence-corrected chi connectivity index (χ4v) is 3.78. The van der Waals surface area contributed by atoms with Crippen molar-refractivity contribution < 1.29 is 4.79 Å². The molecule has 5 nitrogen and oxygen atoms in total. The largest absolute Gasteiger partial charge is 0.325 e. The van der Waals surface area contributed by atoms with Gasteiger partial charge in [0, 0.05) is 23.7 Å². The molecule has 1 N–H and O–H groups in total. The molecule has 0 bridgehead atoms. The molecule has 0 saturated carbocycles. The second kappa shape index (κ2) is 9.75. The summed E-state index contributed by atoms with van der Waals surface area (Å²) >= 11 is 7.42. The molecule has 0 unspecified atom stereocenters. The highest BCUT2D eigenvalue weighted by atomic mass is 35.5. The summed E-state index contributed by atoms with van der Waals surface area (Å²) in [5.41, 5.74) is 2.90. The maximum atomic E-state index is 12.4. The number of rotatable bonds is 8. The second-order valence-corrected chi connectivity index (χ2v) is 7.89. The van der Waals surface area contributed by atoms with Gasteiger partial charge in [-0.2, -0.15) is 0 Å². The first-order valence-corrected chi connectivity index (χ1v) is 10.6. The molecular weight excluding hydrogens is 392 g/mol. The molecule has 0 spiro atoms. The molecule has 0 aliphatic rings. The van der Waals surface area contributed by atoms with Gasteiger partial charge in [0.1, 0.15) is 5.82 Å². The van der Waals surface area contributed by atoms with Crippen LogP contribution in [0.25, 0.3) is 0 Å². The van der Waals surface area contributed by atoms with E-state index in [9.17, 15) is 4.79 Å². The lowest BCUT2D eigenvalue weighted by atomic mass is 10.1. The van der Waals surface area contributed by atoms with Crippen LogP contribution in [0.3, 0.4) is 0 Å². The van der Waals surface area contributed by atoms with Crippen molar-refractivity contribution in [2.45, 2.75) is 38.4 Å². The van der Waals surface area contributed by atoms with E-state index in [1.54, 1.807) is 6.07 Å². The number of anilines is 1. The first-order valence-electron chi connectivity index (χ1n) is 9.21. The molecule has 0 radical (unpaired) electrons. The number of carbonyl (C=O) groups excluding carboxylic acids is 1. The number of carbonyl (C=O) groups is 1. The van der Waals surface area contributed by atoms with Crippen molar-refractivity contribution in [2.24, 2.45) is 0 Å². The number of aryl methyl sites for hydroxylation is 1. The van der Waals surface area contributed by atoms with Gasteiger partial charge in [0.05, 0.1) is 5.75 Å². The molecule has 3 rings (SSSR count). The number of aromatic nitrogens is 3. The van der Waals surface area contributed by atoms with Crippen molar-refractivity contribution in [3.05, 3.63) is 70.5 Å². The topological polar surface area (TPSA) is 59.8 Å². The molecule has 1 heterocycles. The molecule has 0 atom stereocenters. The fraction of sp³-hybridized carbons (Fsp3) is 0.286. The van der Waals surface area contributed by atoms with Crippen LogP contribution in [0.5, 0.6) is 0 Å². The molecule has 1 amide bonds. The average molecular weight is 415 g/mol. The Bertz CT molecular complexity index is 943. The van der Waals surface area contributed by atoms with Crippen LogP contribution in [0.4, 0.5) is 5.69 Å². The lowest BCUT2D eigenvalue weighted by Gasteiger charge is -2.10. The summed E-state index contributed by atoms with van der Waals surface area (Å²) in [7, 11) is 0. The fourth-order valence-electron chi connectivity index (χ4n) is 2.83. The average Bonchev–Trinajstić information content (AvgIpc) is 3.06. The number of halogens is 1. The molecule has 7 heteroatoms. The van der Waals surface area contributed by atoms with Crippen LogP contribution in [-0.2, 0) is 17.8 Å². The van der Waals surface area contributed by atoms with Gasteiger partial charge in [-0.05, 0) is 36.6 Å². The zero-order chi connectivity index (χ0) is 19.9. The van der Waals surface area contributed by atoms with Crippen molar-refractivity contribution >= 4 is 35.0 Å². The number of nitrogens with zero attached hydrogens (tertiary/aromatic N) is 3. The van der Waals surface area contributed by atoms with Crippen molar-refractivity contribution in [3.8, 4) is 0 Å². The van der Waals surface area contributed by atoms with E-state index >= 15 is 0 Å². The Labute approximate surface area is 174 Å². The number of hydrogen-bond acceptors (Lipinski definition) is 4. The van der Waals surface area contributed by atoms with E-state index < -0.39 is 0 Å². The number of hydrogen-bond donors (Lipinski definition) is 1. The van der Waals surface area contributed by atoms with Crippen LogP contribution in [0.2, 0.25) is 5.02 Å².